The van der Waals surface area contributed by atoms with Crippen molar-refractivity contribution in [2.24, 2.45) is 18.9 Å². The van der Waals surface area contributed by atoms with E-state index in [1.165, 1.54) is 50.0 Å². The minimum Gasteiger partial charge on any atom is -0.198 e. The van der Waals surface area contributed by atoms with Gasteiger partial charge in [0.25, 0.3) is 0 Å². The number of aryl methyl sites for hydroxylation is 2. The number of pyridine rings is 1. The largest absolute Gasteiger partial charge is 0.220 e. The van der Waals surface area contributed by atoms with Crippen molar-refractivity contribution < 1.29 is 4.57 Å². The van der Waals surface area contributed by atoms with Gasteiger partial charge in [-0.1, -0.05) is 59.7 Å². The monoisotopic (exact) mass is 402 g/mol. The van der Waals surface area contributed by atoms with Gasteiger partial charge in [0.15, 0.2) is 5.69 Å². The van der Waals surface area contributed by atoms with E-state index in [0.717, 1.165) is 0 Å². The second-order valence-electron chi connectivity index (χ2n) is 10.2. The van der Waals surface area contributed by atoms with Crippen molar-refractivity contribution >= 4 is 10.8 Å². The molecule has 0 spiro atoms. The van der Waals surface area contributed by atoms with E-state index in [0.29, 0.717) is 23.7 Å². The Labute approximate surface area is 184 Å². The first-order valence-corrected chi connectivity index (χ1v) is 11.6. The summed E-state index contributed by atoms with van der Waals surface area (Å²) in [4.78, 5) is 0. The van der Waals surface area contributed by atoms with E-state index in [1.54, 1.807) is 0 Å². The summed E-state index contributed by atoms with van der Waals surface area (Å²) in [6.07, 6.45) is 0. The predicted octanol–water partition coefficient (Wildman–Crippen LogP) is 7.78. The first-order chi connectivity index (χ1) is 14.0. The molecule has 3 rings (SSSR count). The van der Waals surface area contributed by atoms with Gasteiger partial charge in [-0.25, -0.2) is 0 Å². The number of benzene rings is 2. The van der Waals surface area contributed by atoms with Crippen LogP contribution in [0.2, 0.25) is 0 Å². The Morgan fingerprint density at radius 2 is 1.37 bits per heavy atom. The fraction of sp³-hybridized carbons (Fsp3) is 0.483. The SMILES string of the molecule is Cc1cc(C(C)C)cc(-c2c3ccc(C(C(C)C)C(C)C)cc3cc(C)[n+]2C)c1C. The lowest BCUT2D eigenvalue weighted by Crippen LogP contribution is -2.35. The fourth-order valence-electron chi connectivity index (χ4n) is 5.13. The molecule has 0 bridgehead atoms. The lowest BCUT2D eigenvalue weighted by Gasteiger charge is -2.26. The molecule has 1 nitrogen and oxygen atoms in total. The maximum atomic E-state index is 2.45. The van der Waals surface area contributed by atoms with E-state index in [1.807, 2.05) is 0 Å². The highest BCUT2D eigenvalue weighted by Gasteiger charge is 2.24. The summed E-state index contributed by atoms with van der Waals surface area (Å²) in [6, 6.07) is 14.3. The molecule has 0 saturated heterocycles. The fourth-order valence-corrected chi connectivity index (χ4v) is 5.13. The van der Waals surface area contributed by atoms with Crippen molar-refractivity contribution in [3.63, 3.8) is 0 Å². The maximum absolute atomic E-state index is 2.45. The van der Waals surface area contributed by atoms with Gasteiger partial charge in [-0.05, 0) is 77.3 Å². The molecule has 1 heteroatoms. The highest BCUT2D eigenvalue weighted by molar-refractivity contribution is 5.94. The Morgan fingerprint density at radius 3 is 1.93 bits per heavy atom. The van der Waals surface area contributed by atoms with Crippen LogP contribution in [0.5, 0.6) is 0 Å². The van der Waals surface area contributed by atoms with Crippen LogP contribution in [-0.2, 0) is 7.05 Å². The molecule has 1 aromatic heterocycles. The van der Waals surface area contributed by atoms with Crippen LogP contribution in [0.1, 0.15) is 81.3 Å². The van der Waals surface area contributed by atoms with Crippen molar-refractivity contribution in [3.05, 3.63) is 64.3 Å². The van der Waals surface area contributed by atoms with Crippen molar-refractivity contribution in [2.45, 2.75) is 74.1 Å². The van der Waals surface area contributed by atoms with Crippen LogP contribution in [0.3, 0.4) is 0 Å². The average Bonchev–Trinajstić information content (AvgIpc) is 2.64. The van der Waals surface area contributed by atoms with E-state index >= 15 is 0 Å². The van der Waals surface area contributed by atoms with Crippen LogP contribution in [-0.4, -0.2) is 0 Å². The quantitative estimate of drug-likeness (QED) is 0.384. The highest BCUT2D eigenvalue weighted by atomic mass is 14.9. The lowest BCUT2D eigenvalue weighted by atomic mass is 9.79. The van der Waals surface area contributed by atoms with Crippen LogP contribution >= 0.6 is 0 Å². The average molecular weight is 403 g/mol. The third-order valence-corrected chi connectivity index (χ3v) is 6.99. The van der Waals surface area contributed by atoms with Gasteiger partial charge in [0.2, 0.25) is 5.69 Å². The number of hydrogen-bond donors (Lipinski definition) is 0. The summed E-state index contributed by atoms with van der Waals surface area (Å²) in [6.45, 7) is 20.7. The number of nitrogens with zero attached hydrogens (tertiary/aromatic N) is 1. The number of aromatic nitrogens is 1. The maximum Gasteiger partial charge on any atom is 0.220 e. The molecular formula is C29H40N+. The smallest absolute Gasteiger partial charge is 0.198 e. The molecule has 0 amide bonds. The topological polar surface area (TPSA) is 3.88 Å². The Balaban J connectivity index is 2.33. The van der Waals surface area contributed by atoms with Gasteiger partial charge in [0.1, 0.15) is 7.05 Å². The molecule has 0 aliphatic heterocycles. The molecule has 0 fully saturated rings. The van der Waals surface area contributed by atoms with E-state index in [2.05, 4.69) is 110 Å². The number of hydrogen-bond acceptors (Lipinski definition) is 0. The number of fused-ring (bicyclic) bond motifs is 1. The highest BCUT2D eigenvalue weighted by Crippen LogP contribution is 2.37. The predicted molar refractivity (Wildman–Crippen MR) is 131 cm³/mol. The summed E-state index contributed by atoms with van der Waals surface area (Å²) in [7, 11) is 2.21. The molecule has 2 aromatic carbocycles. The van der Waals surface area contributed by atoms with Crippen LogP contribution in [0, 0.1) is 32.6 Å². The minimum atomic E-state index is 0.522. The zero-order valence-electron chi connectivity index (χ0n) is 20.7. The molecule has 1 heterocycles. The molecule has 0 unspecified atom stereocenters. The summed E-state index contributed by atoms with van der Waals surface area (Å²) < 4.78 is 2.37. The molecule has 30 heavy (non-hydrogen) atoms. The Hall–Kier alpha value is -2.15. The number of rotatable bonds is 5. The van der Waals surface area contributed by atoms with E-state index in [9.17, 15) is 0 Å². The Bertz CT molecular complexity index is 1060. The van der Waals surface area contributed by atoms with Crippen LogP contribution in [0.15, 0.2) is 36.4 Å². The Kier molecular flexibility index (Phi) is 6.41. The van der Waals surface area contributed by atoms with Gasteiger partial charge in [0, 0.05) is 13.0 Å². The van der Waals surface area contributed by atoms with Crippen molar-refractivity contribution in [1.29, 1.82) is 0 Å². The molecule has 0 aliphatic rings. The zero-order valence-corrected chi connectivity index (χ0v) is 20.7. The van der Waals surface area contributed by atoms with E-state index in [4.69, 9.17) is 0 Å². The summed E-state index contributed by atoms with van der Waals surface area (Å²) in [5, 5.41) is 2.71. The minimum absolute atomic E-state index is 0.522. The lowest BCUT2D eigenvalue weighted by molar-refractivity contribution is -0.665. The molecule has 3 aromatic rings. The van der Waals surface area contributed by atoms with E-state index in [-0.39, 0.29) is 0 Å². The second kappa shape index (κ2) is 8.53. The molecule has 0 aliphatic carbocycles. The zero-order chi connectivity index (χ0) is 22.3. The molecule has 160 valence electrons. The summed E-state index contributed by atoms with van der Waals surface area (Å²) >= 11 is 0. The van der Waals surface area contributed by atoms with E-state index < -0.39 is 0 Å². The molecular weight excluding hydrogens is 362 g/mol. The van der Waals surface area contributed by atoms with Gasteiger partial charge in [-0.15, -0.1) is 0 Å². The molecule has 0 N–H and O–H groups in total. The van der Waals surface area contributed by atoms with Gasteiger partial charge < -0.3 is 0 Å². The molecule has 0 saturated carbocycles. The van der Waals surface area contributed by atoms with Crippen molar-refractivity contribution in [3.8, 4) is 11.3 Å². The first-order valence-electron chi connectivity index (χ1n) is 11.6. The van der Waals surface area contributed by atoms with Gasteiger partial charge in [-0.2, -0.15) is 4.57 Å². The Morgan fingerprint density at radius 1 is 0.733 bits per heavy atom. The van der Waals surface area contributed by atoms with Crippen molar-refractivity contribution in [1.82, 2.24) is 0 Å². The summed E-state index contributed by atoms with van der Waals surface area (Å²) in [5.41, 5.74) is 9.65. The van der Waals surface area contributed by atoms with Gasteiger partial charge >= 0.3 is 0 Å². The standard InChI is InChI=1S/C29H40N/c1-17(2)24-13-20(7)22(9)27(16-24)29-26-12-11-23(28(18(3)4)19(5)6)15-25(26)14-21(8)30(29)10/h11-19,28H,1-10H3/q+1. The normalized spacial score (nSPS) is 12.2. The van der Waals surface area contributed by atoms with Gasteiger partial charge in [-0.3, -0.25) is 0 Å². The van der Waals surface area contributed by atoms with Crippen LogP contribution in [0.25, 0.3) is 22.0 Å². The second-order valence-corrected chi connectivity index (χ2v) is 10.2. The van der Waals surface area contributed by atoms with Crippen LogP contribution in [0.4, 0.5) is 0 Å². The molecule has 0 radical (unpaired) electrons. The first kappa shape index (κ1) is 22.5. The van der Waals surface area contributed by atoms with Gasteiger partial charge in [0.05, 0.1) is 10.9 Å². The summed E-state index contributed by atoms with van der Waals surface area (Å²) in [5.74, 6) is 2.38. The third kappa shape index (κ3) is 4.04. The molecule has 0 atom stereocenters. The third-order valence-electron chi connectivity index (χ3n) is 6.99. The van der Waals surface area contributed by atoms with Crippen molar-refractivity contribution in [2.75, 3.05) is 0 Å². The van der Waals surface area contributed by atoms with Crippen LogP contribution < -0.4 is 4.57 Å².